The van der Waals surface area contributed by atoms with Gasteiger partial charge in [-0.15, -0.1) is 0 Å². The molecule has 0 aliphatic rings. The number of ether oxygens (including phenoxy) is 2. The monoisotopic (exact) mass is 234 g/mol. The van der Waals surface area contributed by atoms with Gasteiger partial charge in [-0.3, -0.25) is 0 Å². The third kappa shape index (κ3) is 1.80. The zero-order valence-corrected chi connectivity index (χ0v) is 9.74. The number of H-pyrrole nitrogens is 1. The topological polar surface area (TPSA) is 77.3 Å². The molecule has 2 rings (SSSR count). The second-order valence-electron chi connectivity index (χ2n) is 3.52. The Labute approximate surface area is 98.5 Å². The minimum atomic E-state index is -0.456. The van der Waals surface area contributed by atoms with E-state index in [2.05, 4.69) is 4.98 Å². The summed E-state index contributed by atoms with van der Waals surface area (Å²) in [4.78, 5) is 14.6. The summed E-state index contributed by atoms with van der Waals surface area (Å²) in [5, 5.41) is 0.709. The van der Waals surface area contributed by atoms with Crippen LogP contribution in [0.2, 0.25) is 0 Å². The van der Waals surface area contributed by atoms with E-state index in [0.29, 0.717) is 34.6 Å². The molecule has 0 aliphatic heterocycles. The fraction of sp³-hybridized carbons (Fsp3) is 0.250. The van der Waals surface area contributed by atoms with Crippen molar-refractivity contribution < 1.29 is 14.3 Å². The number of benzene rings is 1. The molecule has 0 saturated carbocycles. The van der Waals surface area contributed by atoms with Crippen LogP contribution in [0.15, 0.2) is 18.2 Å². The molecular formula is C12H14N2O3. The fourth-order valence-electron chi connectivity index (χ4n) is 1.81. The Morgan fingerprint density at radius 3 is 2.88 bits per heavy atom. The molecule has 5 nitrogen and oxygen atoms in total. The Bertz CT molecular complexity index is 560. The van der Waals surface area contributed by atoms with Gasteiger partial charge in [0.05, 0.1) is 19.2 Å². The Morgan fingerprint density at radius 2 is 2.24 bits per heavy atom. The Balaban J connectivity index is 2.67. The van der Waals surface area contributed by atoms with E-state index in [1.807, 2.05) is 19.1 Å². The molecule has 90 valence electrons. The van der Waals surface area contributed by atoms with Gasteiger partial charge in [-0.2, -0.15) is 0 Å². The number of methoxy groups -OCH3 is 1. The van der Waals surface area contributed by atoms with Crippen LogP contribution >= 0.6 is 0 Å². The molecule has 0 spiro atoms. The number of carbonyl (C=O) groups excluding carboxylic acids is 1. The number of esters is 1. The third-order valence-corrected chi connectivity index (χ3v) is 2.51. The van der Waals surface area contributed by atoms with E-state index in [9.17, 15) is 4.79 Å². The van der Waals surface area contributed by atoms with Crippen molar-refractivity contribution in [2.75, 3.05) is 19.5 Å². The van der Waals surface area contributed by atoms with Gasteiger partial charge in [0.15, 0.2) is 0 Å². The average Bonchev–Trinajstić information content (AvgIpc) is 2.66. The molecule has 1 heterocycles. The SMILES string of the molecule is CCOc1cccc2c(C(=O)OC)c(N)[nH]c12. The zero-order chi connectivity index (χ0) is 12.4. The number of nitrogens with two attached hydrogens (primary N) is 1. The molecule has 0 saturated heterocycles. The summed E-state index contributed by atoms with van der Waals surface area (Å²) in [6, 6.07) is 5.44. The number of anilines is 1. The van der Waals surface area contributed by atoms with Gasteiger partial charge >= 0.3 is 5.97 Å². The molecule has 3 N–H and O–H groups in total. The van der Waals surface area contributed by atoms with Crippen molar-refractivity contribution in [2.45, 2.75) is 6.92 Å². The standard InChI is InChI=1S/C12H14N2O3/c1-3-17-8-6-4-5-7-9(12(15)16-2)11(13)14-10(7)8/h4-6,14H,3,13H2,1-2H3. The average molecular weight is 234 g/mol. The molecule has 0 atom stereocenters. The molecular weight excluding hydrogens is 220 g/mol. The Hall–Kier alpha value is -2.17. The van der Waals surface area contributed by atoms with E-state index in [4.69, 9.17) is 15.2 Å². The van der Waals surface area contributed by atoms with Crippen LogP contribution in [-0.2, 0) is 4.74 Å². The predicted molar refractivity (Wildman–Crippen MR) is 65.2 cm³/mol. The number of nitrogen functional groups attached to an aromatic ring is 1. The van der Waals surface area contributed by atoms with Crippen LogP contribution in [0, 0.1) is 0 Å². The number of hydrogen-bond donors (Lipinski definition) is 2. The first kappa shape index (κ1) is 11.3. The lowest BCUT2D eigenvalue weighted by Crippen LogP contribution is -2.03. The van der Waals surface area contributed by atoms with Crippen LogP contribution in [-0.4, -0.2) is 24.7 Å². The number of para-hydroxylation sites is 1. The molecule has 1 aromatic carbocycles. The van der Waals surface area contributed by atoms with E-state index in [1.54, 1.807) is 6.07 Å². The highest BCUT2D eigenvalue weighted by Crippen LogP contribution is 2.31. The zero-order valence-electron chi connectivity index (χ0n) is 9.74. The van der Waals surface area contributed by atoms with Gasteiger partial charge in [0, 0.05) is 5.39 Å². The largest absolute Gasteiger partial charge is 0.492 e. The van der Waals surface area contributed by atoms with Crippen molar-refractivity contribution in [2.24, 2.45) is 0 Å². The summed E-state index contributed by atoms with van der Waals surface area (Å²) in [5.74, 6) is 0.508. The summed E-state index contributed by atoms with van der Waals surface area (Å²) in [6.45, 7) is 2.44. The molecule has 0 fully saturated rings. The lowest BCUT2D eigenvalue weighted by molar-refractivity contribution is 0.0604. The number of hydrogen-bond acceptors (Lipinski definition) is 4. The Morgan fingerprint density at radius 1 is 1.47 bits per heavy atom. The summed E-state index contributed by atoms with van der Waals surface area (Å²) in [5.41, 5.74) is 6.85. The number of carbonyl (C=O) groups is 1. The van der Waals surface area contributed by atoms with Crippen molar-refractivity contribution in [3.8, 4) is 5.75 Å². The van der Waals surface area contributed by atoms with Crippen molar-refractivity contribution in [3.05, 3.63) is 23.8 Å². The summed E-state index contributed by atoms with van der Waals surface area (Å²) in [6.07, 6.45) is 0. The summed E-state index contributed by atoms with van der Waals surface area (Å²) in [7, 11) is 1.33. The van der Waals surface area contributed by atoms with Crippen LogP contribution in [0.5, 0.6) is 5.75 Å². The molecule has 0 aliphatic carbocycles. The van der Waals surface area contributed by atoms with Crippen molar-refractivity contribution in [1.82, 2.24) is 4.98 Å². The highest BCUT2D eigenvalue weighted by molar-refractivity contribution is 6.10. The maximum absolute atomic E-state index is 11.6. The van der Waals surface area contributed by atoms with Crippen LogP contribution in [0.25, 0.3) is 10.9 Å². The van der Waals surface area contributed by atoms with Crippen molar-refractivity contribution in [3.63, 3.8) is 0 Å². The van der Waals surface area contributed by atoms with Crippen LogP contribution in [0.3, 0.4) is 0 Å². The third-order valence-electron chi connectivity index (χ3n) is 2.51. The van der Waals surface area contributed by atoms with E-state index < -0.39 is 5.97 Å². The van der Waals surface area contributed by atoms with Gasteiger partial charge in [0.25, 0.3) is 0 Å². The molecule has 0 amide bonds. The smallest absolute Gasteiger partial charge is 0.342 e. The number of nitrogens with one attached hydrogen (secondary N) is 1. The van der Waals surface area contributed by atoms with E-state index in [0.717, 1.165) is 0 Å². The van der Waals surface area contributed by atoms with Crippen LogP contribution in [0.1, 0.15) is 17.3 Å². The van der Waals surface area contributed by atoms with Gasteiger partial charge in [-0.1, -0.05) is 12.1 Å². The lowest BCUT2D eigenvalue weighted by atomic mass is 10.1. The molecule has 1 aromatic heterocycles. The highest BCUT2D eigenvalue weighted by atomic mass is 16.5. The van der Waals surface area contributed by atoms with Crippen LogP contribution < -0.4 is 10.5 Å². The number of fused-ring (bicyclic) bond motifs is 1. The van der Waals surface area contributed by atoms with E-state index in [-0.39, 0.29) is 0 Å². The molecule has 2 aromatic rings. The lowest BCUT2D eigenvalue weighted by Gasteiger charge is -2.03. The predicted octanol–water partition coefficient (Wildman–Crippen LogP) is 1.94. The first-order valence-electron chi connectivity index (χ1n) is 5.30. The molecule has 0 radical (unpaired) electrons. The molecule has 0 bridgehead atoms. The van der Waals surface area contributed by atoms with Gasteiger partial charge in [0.1, 0.15) is 17.1 Å². The second kappa shape index (κ2) is 4.37. The normalized spacial score (nSPS) is 10.5. The van der Waals surface area contributed by atoms with Gasteiger partial charge < -0.3 is 20.2 Å². The maximum Gasteiger partial charge on any atom is 0.342 e. The first-order valence-corrected chi connectivity index (χ1v) is 5.30. The minimum Gasteiger partial charge on any atom is -0.492 e. The number of aromatic amines is 1. The number of rotatable bonds is 3. The van der Waals surface area contributed by atoms with Gasteiger partial charge in [-0.05, 0) is 13.0 Å². The second-order valence-corrected chi connectivity index (χ2v) is 3.52. The quantitative estimate of drug-likeness (QED) is 0.795. The summed E-state index contributed by atoms with van der Waals surface area (Å²) < 4.78 is 10.2. The summed E-state index contributed by atoms with van der Waals surface area (Å²) >= 11 is 0. The van der Waals surface area contributed by atoms with Gasteiger partial charge in [-0.25, -0.2) is 4.79 Å². The van der Waals surface area contributed by atoms with Crippen LogP contribution in [0.4, 0.5) is 5.82 Å². The highest BCUT2D eigenvalue weighted by Gasteiger charge is 2.19. The maximum atomic E-state index is 11.6. The van der Waals surface area contributed by atoms with Crippen molar-refractivity contribution >= 4 is 22.7 Å². The van der Waals surface area contributed by atoms with E-state index in [1.165, 1.54) is 7.11 Å². The van der Waals surface area contributed by atoms with Gasteiger partial charge in [0.2, 0.25) is 0 Å². The molecule has 0 unspecified atom stereocenters. The van der Waals surface area contributed by atoms with E-state index >= 15 is 0 Å². The van der Waals surface area contributed by atoms with Crippen molar-refractivity contribution in [1.29, 1.82) is 0 Å². The fourth-order valence-corrected chi connectivity index (χ4v) is 1.81. The minimum absolute atomic E-state index is 0.291. The first-order chi connectivity index (χ1) is 8.19. The molecule has 17 heavy (non-hydrogen) atoms. The number of aromatic nitrogens is 1. The Kier molecular flexibility index (Phi) is 2.91. The molecule has 5 heteroatoms.